The molecular weight excluding hydrogens is 391 g/mol. The number of halogens is 2. The maximum absolute atomic E-state index is 12.8. The van der Waals surface area contributed by atoms with Crippen LogP contribution < -0.4 is 0 Å². The maximum atomic E-state index is 12.8. The molecule has 2 aromatic rings. The third kappa shape index (κ3) is 5.28. The lowest BCUT2D eigenvalue weighted by Crippen LogP contribution is -2.35. The quantitative estimate of drug-likeness (QED) is 0.643. The fraction of sp³-hybridized carbons (Fsp3) is 0.435. The van der Waals surface area contributed by atoms with Crippen molar-refractivity contribution < 1.29 is 4.79 Å². The molecule has 0 unspecified atom stereocenters. The molecule has 0 spiro atoms. The summed E-state index contributed by atoms with van der Waals surface area (Å²) in [6.45, 7) is 11.0. The van der Waals surface area contributed by atoms with Crippen LogP contribution in [0.2, 0.25) is 10.0 Å². The Morgan fingerprint density at radius 2 is 1.64 bits per heavy atom. The summed E-state index contributed by atoms with van der Waals surface area (Å²) in [5.41, 5.74) is 3.44. The van der Waals surface area contributed by atoms with Gasteiger partial charge in [-0.3, -0.25) is 9.69 Å². The highest BCUT2D eigenvalue weighted by atomic mass is 35.5. The summed E-state index contributed by atoms with van der Waals surface area (Å²) < 4.78 is 0. The first kappa shape index (κ1) is 21.2. The van der Waals surface area contributed by atoms with Crippen molar-refractivity contribution in [1.82, 2.24) is 9.80 Å². The van der Waals surface area contributed by atoms with Gasteiger partial charge in [0.05, 0.1) is 10.0 Å². The second-order valence-electron chi connectivity index (χ2n) is 8.50. The van der Waals surface area contributed by atoms with E-state index in [9.17, 15) is 4.79 Å². The van der Waals surface area contributed by atoms with Crippen LogP contribution in [-0.2, 0) is 12.0 Å². The van der Waals surface area contributed by atoms with Gasteiger partial charge in [0.2, 0.25) is 0 Å². The lowest BCUT2D eigenvalue weighted by Gasteiger charge is -2.23. The van der Waals surface area contributed by atoms with Gasteiger partial charge < -0.3 is 4.90 Å². The van der Waals surface area contributed by atoms with Crippen LogP contribution in [0.1, 0.15) is 48.7 Å². The first-order valence-corrected chi connectivity index (χ1v) is 10.6. The molecule has 0 aromatic heterocycles. The van der Waals surface area contributed by atoms with Crippen molar-refractivity contribution in [2.24, 2.45) is 0 Å². The monoisotopic (exact) mass is 418 g/mol. The van der Waals surface area contributed by atoms with Gasteiger partial charge in [-0.1, -0.05) is 68.2 Å². The Labute approximate surface area is 178 Å². The Morgan fingerprint density at radius 1 is 0.929 bits per heavy atom. The van der Waals surface area contributed by atoms with Crippen molar-refractivity contribution in [3.63, 3.8) is 0 Å². The summed E-state index contributed by atoms with van der Waals surface area (Å²) >= 11 is 12.0. The molecule has 1 fully saturated rings. The summed E-state index contributed by atoms with van der Waals surface area (Å²) in [6, 6.07) is 14.0. The van der Waals surface area contributed by atoms with E-state index in [-0.39, 0.29) is 11.3 Å². The van der Waals surface area contributed by atoms with E-state index in [1.807, 2.05) is 4.90 Å². The number of carbonyl (C=O) groups is 1. The number of carbonyl (C=O) groups excluding carboxylic acids is 1. The number of hydrogen-bond donors (Lipinski definition) is 0. The molecule has 0 N–H and O–H groups in total. The van der Waals surface area contributed by atoms with E-state index in [0.717, 1.165) is 39.1 Å². The highest BCUT2D eigenvalue weighted by Gasteiger charge is 2.21. The van der Waals surface area contributed by atoms with Crippen molar-refractivity contribution >= 4 is 29.1 Å². The molecule has 28 heavy (non-hydrogen) atoms. The first-order chi connectivity index (χ1) is 13.2. The van der Waals surface area contributed by atoms with E-state index >= 15 is 0 Å². The van der Waals surface area contributed by atoms with Gasteiger partial charge in [-0.2, -0.15) is 0 Å². The molecule has 2 aromatic carbocycles. The van der Waals surface area contributed by atoms with Gasteiger partial charge in [-0.05, 0) is 41.2 Å². The Morgan fingerprint density at radius 3 is 2.29 bits per heavy atom. The normalized spacial score (nSPS) is 16.1. The molecule has 1 aliphatic rings. The predicted octanol–water partition coefficient (Wildman–Crippen LogP) is 5.64. The van der Waals surface area contributed by atoms with Gasteiger partial charge in [0.15, 0.2) is 0 Å². The van der Waals surface area contributed by atoms with Crippen molar-refractivity contribution in [1.29, 1.82) is 0 Å². The zero-order valence-corrected chi connectivity index (χ0v) is 18.4. The molecular formula is C23H28Cl2N2O. The van der Waals surface area contributed by atoms with E-state index in [1.54, 1.807) is 18.2 Å². The molecule has 1 saturated heterocycles. The third-order valence-corrected chi connectivity index (χ3v) is 6.01. The lowest BCUT2D eigenvalue weighted by atomic mass is 9.87. The van der Waals surface area contributed by atoms with Gasteiger partial charge in [0.1, 0.15) is 0 Å². The molecule has 1 heterocycles. The van der Waals surface area contributed by atoms with Gasteiger partial charge in [0.25, 0.3) is 5.91 Å². The molecule has 1 amide bonds. The number of rotatable bonds is 3. The number of hydrogen-bond acceptors (Lipinski definition) is 2. The summed E-state index contributed by atoms with van der Waals surface area (Å²) in [7, 11) is 0. The van der Waals surface area contributed by atoms with Crippen LogP contribution in [0.25, 0.3) is 0 Å². The van der Waals surface area contributed by atoms with Crippen LogP contribution in [0.15, 0.2) is 42.5 Å². The average Bonchev–Trinajstić information content (AvgIpc) is 2.89. The van der Waals surface area contributed by atoms with Crippen molar-refractivity contribution in [2.45, 2.75) is 39.2 Å². The maximum Gasteiger partial charge on any atom is 0.253 e. The Bertz CT molecular complexity index is 827. The lowest BCUT2D eigenvalue weighted by molar-refractivity contribution is 0.0761. The van der Waals surface area contributed by atoms with E-state index in [2.05, 4.69) is 49.9 Å². The van der Waals surface area contributed by atoms with Crippen molar-refractivity contribution in [3.05, 3.63) is 69.2 Å². The zero-order chi connectivity index (χ0) is 20.3. The second-order valence-corrected chi connectivity index (χ2v) is 9.31. The van der Waals surface area contributed by atoms with Gasteiger partial charge in [0, 0.05) is 38.3 Å². The summed E-state index contributed by atoms with van der Waals surface area (Å²) in [5, 5.41) is 0.889. The third-order valence-electron chi connectivity index (χ3n) is 5.27. The van der Waals surface area contributed by atoms with Crippen LogP contribution in [-0.4, -0.2) is 41.9 Å². The molecule has 3 nitrogen and oxygen atoms in total. The van der Waals surface area contributed by atoms with E-state index in [4.69, 9.17) is 23.2 Å². The highest BCUT2D eigenvalue weighted by molar-refractivity contribution is 6.42. The average molecular weight is 419 g/mol. The SMILES string of the molecule is CC(C)(C)c1ccc(CN2CCCN(C(=O)c3ccc(Cl)c(Cl)c3)CC2)cc1. The largest absolute Gasteiger partial charge is 0.337 e. The number of benzene rings is 2. The van der Waals surface area contributed by atoms with Crippen LogP contribution in [0.5, 0.6) is 0 Å². The fourth-order valence-electron chi connectivity index (χ4n) is 3.51. The smallest absolute Gasteiger partial charge is 0.253 e. The molecule has 1 aliphatic heterocycles. The Kier molecular flexibility index (Phi) is 6.69. The number of nitrogens with zero attached hydrogens (tertiary/aromatic N) is 2. The molecule has 0 atom stereocenters. The fourth-order valence-corrected chi connectivity index (χ4v) is 3.81. The molecule has 5 heteroatoms. The minimum absolute atomic E-state index is 0.0231. The second kappa shape index (κ2) is 8.86. The van der Waals surface area contributed by atoms with Crippen LogP contribution in [0.3, 0.4) is 0 Å². The van der Waals surface area contributed by atoms with Crippen molar-refractivity contribution in [3.8, 4) is 0 Å². The molecule has 0 radical (unpaired) electrons. The Hall–Kier alpha value is -1.55. The Balaban J connectivity index is 1.60. The van der Waals surface area contributed by atoms with Gasteiger partial charge in [-0.25, -0.2) is 0 Å². The minimum atomic E-state index is 0.0231. The van der Waals surface area contributed by atoms with E-state index < -0.39 is 0 Å². The molecule has 0 bridgehead atoms. The molecule has 0 aliphatic carbocycles. The summed E-state index contributed by atoms with van der Waals surface area (Å²) in [5.74, 6) is 0.0231. The van der Waals surface area contributed by atoms with Crippen LogP contribution in [0.4, 0.5) is 0 Å². The van der Waals surface area contributed by atoms with E-state index in [0.29, 0.717) is 15.6 Å². The van der Waals surface area contributed by atoms with Crippen LogP contribution >= 0.6 is 23.2 Å². The first-order valence-electron chi connectivity index (χ1n) is 9.80. The summed E-state index contributed by atoms with van der Waals surface area (Å²) in [4.78, 5) is 17.2. The van der Waals surface area contributed by atoms with Gasteiger partial charge in [-0.15, -0.1) is 0 Å². The molecule has 150 valence electrons. The van der Waals surface area contributed by atoms with E-state index in [1.165, 1.54) is 11.1 Å². The topological polar surface area (TPSA) is 23.6 Å². The van der Waals surface area contributed by atoms with Crippen LogP contribution in [0, 0.1) is 0 Å². The highest BCUT2D eigenvalue weighted by Crippen LogP contribution is 2.24. The van der Waals surface area contributed by atoms with Gasteiger partial charge >= 0.3 is 0 Å². The molecule has 0 saturated carbocycles. The summed E-state index contributed by atoms with van der Waals surface area (Å²) in [6.07, 6.45) is 0.965. The standard InChI is InChI=1S/C23H28Cl2N2O/c1-23(2,3)19-8-5-17(6-9-19)16-26-11-4-12-27(14-13-26)22(28)18-7-10-20(24)21(25)15-18/h5-10,15H,4,11-14,16H2,1-3H3. The number of amides is 1. The predicted molar refractivity (Wildman–Crippen MR) is 117 cm³/mol. The van der Waals surface area contributed by atoms with Crippen molar-refractivity contribution in [2.75, 3.05) is 26.2 Å². The molecule has 3 rings (SSSR count). The minimum Gasteiger partial charge on any atom is -0.337 e. The zero-order valence-electron chi connectivity index (χ0n) is 16.8.